The van der Waals surface area contributed by atoms with Crippen molar-refractivity contribution in [3.8, 4) is 22.9 Å². The summed E-state index contributed by atoms with van der Waals surface area (Å²) in [5.41, 5.74) is 9.67. The fraction of sp³-hybridized carbons (Fsp3) is 0.267. The van der Waals surface area contributed by atoms with Crippen LogP contribution in [0.2, 0.25) is 0 Å². The van der Waals surface area contributed by atoms with Crippen LogP contribution in [0.15, 0.2) is 64.5 Å². The van der Waals surface area contributed by atoms with Gasteiger partial charge in [0.15, 0.2) is 12.4 Å². The predicted molar refractivity (Wildman–Crippen MR) is 155 cm³/mol. The van der Waals surface area contributed by atoms with Crippen molar-refractivity contribution in [1.82, 2.24) is 9.66 Å². The van der Waals surface area contributed by atoms with Crippen molar-refractivity contribution >= 4 is 28.7 Å². The highest BCUT2D eigenvalue weighted by molar-refractivity contribution is 5.86. The molecule has 2 N–H and O–H groups in total. The maximum Gasteiger partial charge on any atom is 0.282 e. The maximum atomic E-state index is 13.7. The molecule has 0 radical (unpaired) electrons. The Morgan fingerprint density at radius 1 is 1.13 bits per heavy atom. The molecule has 202 valence electrons. The van der Waals surface area contributed by atoms with E-state index in [4.69, 9.17) is 20.2 Å². The minimum Gasteiger partial charge on any atom is -0.496 e. The lowest BCUT2D eigenvalue weighted by Gasteiger charge is -2.18. The summed E-state index contributed by atoms with van der Waals surface area (Å²) in [6.07, 6.45) is 1.53. The molecule has 1 heterocycles. The number of rotatable bonds is 9. The van der Waals surface area contributed by atoms with Crippen molar-refractivity contribution in [2.75, 3.05) is 32.7 Å². The van der Waals surface area contributed by atoms with E-state index in [1.165, 1.54) is 10.9 Å². The quantitative estimate of drug-likeness (QED) is 0.325. The number of anilines is 1. The molecule has 4 rings (SSSR count). The molecule has 9 nitrogen and oxygen atoms in total. The van der Waals surface area contributed by atoms with E-state index in [1.807, 2.05) is 62.3 Å². The molecule has 1 aromatic heterocycles. The van der Waals surface area contributed by atoms with Gasteiger partial charge in [0.2, 0.25) is 0 Å². The standard InChI is InChI=1S/C30H33N5O4/c1-18(2)23-15-24(19(3)13-27(23)38-6)29-33-25-10-8-7-9-22(25)30(37)35(29)32-16-20-11-12-21(34(4)5)14-26(20)39-17-28(31)36/h7-16,18H,17H2,1-6H3,(H2,31,36). The number of ether oxygens (including phenoxy) is 2. The summed E-state index contributed by atoms with van der Waals surface area (Å²) in [7, 11) is 5.45. The number of carbonyl (C=O) groups is 1. The van der Waals surface area contributed by atoms with E-state index in [0.29, 0.717) is 28.0 Å². The van der Waals surface area contributed by atoms with E-state index < -0.39 is 5.91 Å². The topological polar surface area (TPSA) is 112 Å². The van der Waals surface area contributed by atoms with Crippen LogP contribution in [-0.4, -0.2) is 49.6 Å². The number of nitrogens with two attached hydrogens (primary N) is 1. The van der Waals surface area contributed by atoms with Crippen LogP contribution in [0.4, 0.5) is 5.69 Å². The Morgan fingerprint density at radius 2 is 1.87 bits per heavy atom. The molecular weight excluding hydrogens is 494 g/mol. The third kappa shape index (κ3) is 5.77. The van der Waals surface area contributed by atoms with E-state index in [1.54, 1.807) is 25.3 Å². The number of aromatic nitrogens is 2. The van der Waals surface area contributed by atoms with Gasteiger partial charge in [-0.1, -0.05) is 26.0 Å². The van der Waals surface area contributed by atoms with E-state index in [9.17, 15) is 9.59 Å². The van der Waals surface area contributed by atoms with Crippen molar-refractivity contribution in [2.45, 2.75) is 26.7 Å². The molecule has 0 atom stereocenters. The molecule has 3 aromatic carbocycles. The van der Waals surface area contributed by atoms with Crippen molar-refractivity contribution in [1.29, 1.82) is 0 Å². The van der Waals surface area contributed by atoms with Crippen LogP contribution in [0, 0.1) is 6.92 Å². The molecule has 0 saturated heterocycles. The Balaban J connectivity index is 1.94. The first-order valence-corrected chi connectivity index (χ1v) is 12.6. The zero-order valence-electron chi connectivity index (χ0n) is 23.1. The second-order valence-electron chi connectivity index (χ2n) is 9.75. The van der Waals surface area contributed by atoms with Crippen LogP contribution in [0.25, 0.3) is 22.3 Å². The van der Waals surface area contributed by atoms with Crippen LogP contribution >= 0.6 is 0 Å². The van der Waals surface area contributed by atoms with Gasteiger partial charge in [-0.3, -0.25) is 9.59 Å². The van der Waals surface area contributed by atoms with Gasteiger partial charge in [-0.05, 0) is 60.4 Å². The first-order valence-electron chi connectivity index (χ1n) is 12.6. The van der Waals surface area contributed by atoms with Gasteiger partial charge >= 0.3 is 0 Å². The maximum absolute atomic E-state index is 13.7. The summed E-state index contributed by atoms with van der Waals surface area (Å²) < 4.78 is 12.6. The van der Waals surface area contributed by atoms with Gasteiger partial charge in [0.1, 0.15) is 11.5 Å². The zero-order valence-corrected chi connectivity index (χ0v) is 23.1. The summed E-state index contributed by atoms with van der Waals surface area (Å²) >= 11 is 0. The highest BCUT2D eigenvalue weighted by Crippen LogP contribution is 2.34. The number of amides is 1. The minimum absolute atomic E-state index is 0.184. The summed E-state index contributed by atoms with van der Waals surface area (Å²) in [6.45, 7) is 5.83. The molecule has 0 spiro atoms. The van der Waals surface area contributed by atoms with E-state index >= 15 is 0 Å². The highest BCUT2D eigenvalue weighted by atomic mass is 16.5. The number of hydrogen-bond donors (Lipinski definition) is 1. The largest absolute Gasteiger partial charge is 0.496 e. The molecule has 9 heteroatoms. The van der Waals surface area contributed by atoms with Crippen LogP contribution in [-0.2, 0) is 4.79 Å². The monoisotopic (exact) mass is 527 g/mol. The lowest BCUT2D eigenvalue weighted by molar-refractivity contribution is -0.119. The Bertz CT molecular complexity index is 1620. The van der Waals surface area contributed by atoms with Crippen molar-refractivity contribution in [3.63, 3.8) is 0 Å². The Hall–Kier alpha value is -4.66. The number of para-hydroxylation sites is 1. The van der Waals surface area contributed by atoms with Gasteiger partial charge in [0.05, 0.1) is 24.2 Å². The third-order valence-corrected chi connectivity index (χ3v) is 6.39. The lowest BCUT2D eigenvalue weighted by Crippen LogP contribution is -2.21. The fourth-order valence-electron chi connectivity index (χ4n) is 4.27. The lowest BCUT2D eigenvalue weighted by atomic mass is 9.96. The molecule has 0 aliphatic carbocycles. The summed E-state index contributed by atoms with van der Waals surface area (Å²) in [5, 5.41) is 5.04. The second kappa shape index (κ2) is 11.4. The second-order valence-corrected chi connectivity index (χ2v) is 9.75. The number of hydrogen-bond acceptors (Lipinski definition) is 7. The van der Waals surface area contributed by atoms with Gasteiger partial charge in [-0.15, -0.1) is 0 Å². The first-order chi connectivity index (χ1) is 18.6. The van der Waals surface area contributed by atoms with Gasteiger partial charge in [0, 0.05) is 37.0 Å². The molecule has 0 fully saturated rings. The fourth-order valence-corrected chi connectivity index (χ4v) is 4.27. The van der Waals surface area contributed by atoms with Crippen LogP contribution in [0.5, 0.6) is 11.5 Å². The number of methoxy groups -OCH3 is 1. The van der Waals surface area contributed by atoms with Gasteiger partial charge in [-0.2, -0.15) is 9.78 Å². The molecule has 4 aromatic rings. The van der Waals surface area contributed by atoms with Gasteiger partial charge in [0.25, 0.3) is 11.5 Å². The Labute approximate surface area is 227 Å². The molecule has 0 aliphatic rings. The molecule has 0 saturated carbocycles. The molecule has 39 heavy (non-hydrogen) atoms. The number of carbonyl (C=O) groups excluding carboxylic acids is 1. The van der Waals surface area contributed by atoms with E-state index in [2.05, 4.69) is 18.9 Å². The number of primary amides is 1. The number of aryl methyl sites for hydroxylation is 1. The highest BCUT2D eigenvalue weighted by Gasteiger charge is 2.18. The average Bonchev–Trinajstić information content (AvgIpc) is 2.91. The molecule has 0 bridgehead atoms. The average molecular weight is 528 g/mol. The number of nitrogens with zero attached hydrogens (tertiary/aromatic N) is 4. The molecular formula is C30H33N5O4. The van der Waals surface area contributed by atoms with Crippen molar-refractivity contribution in [2.24, 2.45) is 10.8 Å². The predicted octanol–water partition coefficient (Wildman–Crippen LogP) is 4.32. The summed E-state index contributed by atoms with van der Waals surface area (Å²) in [5.74, 6) is 1.18. The van der Waals surface area contributed by atoms with Crippen LogP contribution < -0.4 is 25.7 Å². The van der Waals surface area contributed by atoms with E-state index in [0.717, 1.165) is 28.1 Å². The zero-order chi connectivity index (χ0) is 28.3. The Kier molecular flexibility index (Phi) is 7.99. The van der Waals surface area contributed by atoms with Gasteiger partial charge < -0.3 is 20.1 Å². The van der Waals surface area contributed by atoms with Crippen LogP contribution in [0.3, 0.4) is 0 Å². The SMILES string of the molecule is COc1cc(C)c(-c2nc3ccccc3c(=O)n2N=Cc2ccc(N(C)C)cc2OCC(N)=O)cc1C(C)C. The van der Waals surface area contributed by atoms with Gasteiger partial charge in [-0.25, -0.2) is 4.98 Å². The molecule has 0 aliphatic heterocycles. The smallest absolute Gasteiger partial charge is 0.282 e. The van der Waals surface area contributed by atoms with Crippen molar-refractivity contribution in [3.05, 3.63) is 81.6 Å². The number of benzene rings is 3. The third-order valence-electron chi connectivity index (χ3n) is 6.39. The normalized spacial score (nSPS) is 11.4. The van der Waals surface area contributed by atoms with E-state index in [-0.39, 0.29) is 18.1 Å². The van der Waals surface area contributed by atoms with Crippen molar-refractivity contribution < 1.29 is 14.3 Å². The first kappa shape index (κ1) is 27.4. The number of fused-ring (bicyclic) bond motifs is 1. The molecule has 0 unspecified atom stereocenters. The summed E-state index contributed by atoms with van der Waals surface area (Å²) in [6, 6.07) is 16.6. The summed E-state index contributed by atoms with van der Waals surface area (Å²) in [4.78, 5) is 31.9. The molecule has 1 amide bonds. The minimum atomic E-state index is -0.596. The van der Waals surface area contributed by atoms with Crippen LogP contribution in [0.1, 0.15) is 36.5 Å². The Morgan fingerprint density at radius 3 is 2.54 bits per heavy atom.